The second-order valence-corrected chi connectivity index (χ2v) is 5.96. The highest BCUT2D eigenvalue weighted by atomic mass is 16.2. The van der Waals surface area contributed by atoms with Crippen LogP contribution in [0.25, 0.3) is 11.3 Å². The zero-order chi connectivity index (χ0) is 17.6. The first kappa shape index (κ1) is 17.0. The number of piperazine rings is 1. The zero-order valence-electron chi connectivity index (χ0n) is 14.5. The average molecular weight is 337 g/mol. The number of hydrogen-bond donors (Lipinski definition) is 1. The minimum Gasteiger partial charge on any atom is -0.353 e. The Balaban J connectivity index is 1.87. The normalized spacial score (nSPS) is 14.3. The van der Waals surface area contributed by atoms with E-state index in [1.165, 1.54) is 0 Å². The van der Waals surface area contributed by atoms with Gasteiger partial charge in [-0.15, -0.1) is 6.58 Å². The summed E-state index contributed by atoms with van der Waals surface area (Å²) in [5.41, 5.74) is 1.93. The molecule has 0 bridgehead atoms. The first-order valence-corrected chi connectivity index (χ1v) is 8.47. The van der Waals surface area contributed by atoms with Gasteiger partial charge in [-0.25, -0.2) is 4.98 Å². The zero-order valence-corrected chi connectivity index (χ0v) is 14.5. The van der Waals surface area contributed by atoms with Crippen molar-refractivity contribution in [1.82, 2.24) is 14.9 Å². The van der Waals surface area contributed by atoms with E-state index in [9.17, 15) is 4.79 Å². The Hall–Kier alpha value is -2.89. The van der Waals surface area contributed by atoms with Crippen molar-refractivity contribution in [1.29, 1.82) is 0 Å². The molecule has 1 fully saturated rings. The molecule has 2 aromatic rings. The number of benzene rings is 1. The lowest BCUT2D eigenvalue weighted by atomic mass is 10.1. The maximum Gasteiger partial charge on any atom is 0.225 e. The predicted molar refractivity (Wildman–Crippen MR) is 101 cm³/mol. The van der Waals surface area contributed by atoms with Gasteiger partial charge in [0.25, 0.3) is 0 Å². The van der Waals surface area contributed by atoms with E-state index in [0.717, 1.165) is 43.3 Å². The number of carbonyl (C=O) groups excluding carboxylic acids is 1. The SMILES string of the molecule is C=CCNc1nc(-c2ccccc2)cc(N2CCN(C(C)=O)CC2)n1. The van der Waals surface area contributed by atoms with Crippen LogP contribution in [-0.2, 0) is 4.79 Å². The van der Waals surface area contributed by atoms with Crippen LogP contribution in [0, 0.1) is 0 Å². The molecule has 1 N–H and O–H groups in total. The maximum atomic E-state index is 11.5. The molecular formula is C19H23N5O. The highest BCUT2D eigenvalue weighted by Gasteiger charge is 2.20. The van der Waals surface area contributed by atoms with Gasteiger partial charge in [0, 0.05) is 51.3 Å². The van der Waals surface area contributed by atoms with Crippen LogP contribution in [0.5, 0.6) is 0 Å². The van der Waals surface area contributed by atoms with Crippen molar-refractivity contribution in [2.24, 2.45) is 0 Å². The number of nitrogens with zero attached hydrogens (tertiary/aromatic N) is 4. The lowest BCUT2D eigenvalue weighted by molar-refractivity contribution is -0.129. The van der Waals surface area contributed by atoms with E-state index in [-0.39, 0.29) is 5.91 Å². The van der Waals surface area contributed by atoms with Crippen molar-refractivity contribution in [2.75, 3.05) is 42.9 Å². The third kappa shape index (κ3) is 4.15. The number of anilines is 2. The molecule has 6 nitrogen and oxygen atoms in total. The van der Waals surface area contributed by atoms with Gasteiger partial charge in [-0.05, 0) is 0 Å². The largest absolute Gasteiger partial charge is 0.353 e. The molecule has 2 heterocycles. The molecule has 0 spiro atoms. The third-order valence-corrected chi connectivity index (χ3v) is 4.24. The summed E-state index contributed by atoms with van der Waals surface area (Å²) in [4.78, 5) is 24.8. The fourth-order valence-electron chi connectivity index (χ4n) is 2.85. The lowest BCUT2D eigenvalue weighted by Gasteiger charge is -2.35. The molecule has 1 aromatic heterocycles. The van der Waals surface area contributed by atoms with Gasteiger partial charge in [0.2, 0.25) is 11.9 Å². The van der Waals surface area contributed by atoms with Gasteiger partial charge in [0.1, 0.15) is 5.82 Å². The van der Waals surface area contributed by atoms with Crippen LogP contribution in [0.2, 0.25) is 0 Å². The molecule has 25 heavy (non-hydrogen) atoms. The van der Waals surface area contributed by atoms with Gasteiger partial charge in [-0.3, -0.25) is 4.79 Å². The van der Waals surface area contributed by atoms with Crippen molar-refractivity contribution in [3.05, 3.63) is 49.1 Å². The van der Waals surface area contributed by atoms with Gasteiger partial charge >= 0.3 is 0 Å². The molecule has 0 unspecified atom stereocenters. The van der Waals surface area contributed by atoms with Gasteiger partial charge < -0.3 is 15.1 Å². The Morgan fingerprint density at radius 3 is 2.56 bits per heavy atom. The Labute approximate surface area is 148 Å². The fraction of sp³-hybridized carbons (Fsp3) is 0.316. The monoisotopic (exact) mass is 337 g/mol. The molecule has 1 amide bonds. The second kappa shape index (κ2) is 7.79. The Morgan fingerprint density at radius 1 is 1.20 bits per heavy atom. The standard InChI is InChI=1S/C19H23N5O/c1-3-9-20-19-21-17(16-7-5-4-6-8-16)14-18(22-19)24-12-10-23(11-13-24)15(2)25/h3-8,14H,1,9-13H2,2H3,(H,20,21,22). The van der Waals surface area contributed by atoms with E-state index < -0.39 is 0 Å². The smallest absolute Gasteiger partial charge is 0.225 e. The van der Waals surface area contributed by atoms with Crippen LogP contribution in [0.1, 0.15) is 6.92 Å². The summed E-state index contributed by atoms with van der Waals surface area (Å²) in [7, 11) is 0. The predicted octanol–water partition coefficient (Wildman–Crippen LogP) is 2.41. The van der Waals surface area contributed by atoms with Gasteiger partial charge in [-0.1, -0.05) is 36.4 Å². The quantitative estimate of drug-likeness (QED) is 0.849. The molecule has 0 atom stereocenters. The van der Waals surface area contributed by atoms with Crippen molar-refractivity contribution < 1.29 is 4.79 Å². The van der Waals surface area contributed by atoms with E-state index in [1.54, 1.807) is 13.0 Å². The van der Waals surface area contributed by atoms with Crippen LogP contribution in [0.4, 0.5) is 11.8 Å². The van der Waals surface area contributed by atoms with E-state index in [1.807, 2.05) is 41.3 Å². The van der Waals surface area contributed by atoms with Crippen LogP contribution in [0.3, 0.4) is 0 Å². The summed E-state index contributed by atoms with van der Waals surface area (Å²) in [5, 5.41) is 3.18. The van der Waals surface area contributed by atoms with Crippen LogP contribution >= 0.6 is 0 Å². The molecule has 1 aliphatic heterocycles. The van der Waals surface area contributed by atoms with E-state index in [0.29, 0.717) is 12.5 Å². The maximum absolute atomic E-state index is 11.5. The number of amides is 1. The van der Waals surface area contributed by atoms with E-state index >= 15 is 0 Å². The summed E-state index contributed by atoms with van der Waals surface area (Å²) in [6.45, 7) is 8.93. The van der Waals surface area contributed by atoms with Crippen LogP contribution in [0.15, 0.2) is 49.1 Å². The Kier molecular flexibility index (Phi) is 5.28. The van der Waals surface area contributed by atoms with Crippen molar-refractivity contribution >= 4 is 17.7 Å². The summed E-state index contributed by atoms with van der Waals surface area (Å²) < 4.78 is 0. The number of hydrogen-bond acceptors (Lipinski definition) is 5. The molecule has 6 heteroatoms. The second-order valence-electron chi connectivity index (χ2n) is 5.96. The molecule has 1 aromatic carbocycles. The highest BCUT2D eigenvalue weighted by molar-refractivity contribution is 5.73. The van der Waals surface area contributed by atoms with Gasteiger partial charge in [0.15, 0.2) is 0 Å². The minimum atomic E-state index is 0.126. The molecule has 130 valence electrons. The Bertz CT molecular complexity index is 739. The molecule has 3 rings (SSSR count). The van der Waals surface area contributed by atoms with Gasteiger partial charge in [-0.2, -0.15) is 4.98 Å². The summed E-state index contributed by atoms with van der Waals surface area (Å²) >= 11 is 0. The third-order valence-electron chi connectivity index (χ3n) is 4.24. The van der Waals surface area contributed by atoms with E-state index in [4.69, 9.17) is 0 Å². The molecule has 0 radical (unpaired) electrons. The number of rotatable bonds is 5. The number of nitrogens with one attached hydrogen (secondary N) is 1. The molecule has 1 aliphatic rings. The first-order chi connectivity index (χ1) is 12.2. The summed E-state index contributed by atoms with van der Waals surface area (Å²) in [5.74, 6) is 1.59. The average Bonchev–Trinajstić information content (AvgIpc) is 2.67. The number of aromatic nitrogens is 2. The molecular weight excluding hydrogens is 314 g/mol. The van der Waals surface area contributed by atoms with Crippen LogP contribution in [-0.4, -0.2) is 53.5 Å². The molecule has 0 saturated carbocycles. The fourth-order valence-corrected chi connectivity index (χ4v) is 2.85. The van der Waals surface area contributed by atoms with Crippen molar-refractivity contribution in [3.63, 3.8) is 0 Å². The van der Waals surface area contributed by atoms with E-state index in [2.05, 4.69) is 26.8 Å². The Morgan fingerprint density at radius 2 is 1.92 bits per heavy atom. The highest BCUT2D eigenvalue weighted by Crippen LogP contribution is 2.24. The molecule has 0 aliphatic carbocycles. The van der Waals surface area contributed by atoms with Crippen LogP contribution < -0.4 is 10.2 Å². The number of carbonyl (C=O) groups is 1. The minimum absolute atomic E-state index is 0.126. The molecule has 1 saturated heterocycles. The lowest BCUT2D eigenvalue weighted by Crippen LogP contribution is -2.48. The van der Waals surface area contributed by atoms with Gasteiger partial charge in [0.05, 0.1) is 5.69 Å². The van der Waals surface area contributed by atoms with Crippen molar-refractivity contribution in [2.45, 2.75) is 6.92 Å². The first-order valence-electron chi connectivity index (χ1n) is 8.47. The summed E-state index contributed by atoms with van der Waals surface area (Å²) in [6.07, 6.45) is 1.78. The van der Waals surface area contributed by atoms with Crippen molar-refractivity contribution in [3.8, 4) is 11.3 Å². The summed E-state index contributed by atoms with van der Waals surface area (Å²) in [6, 6.07) is 12.1. The topological polar surface area (TPSA) is 61.4 Å².